The second-order valence-corrected chi connectivity index (χ2v) is 2.90. The van der Waals surface area contributed by atoms with Crippen LogP contribution in [0.4, 0.5) is 0 Å². The van der Waals surface area contributed by atoms with Crippen LogP contribution in [-0.2, 0) is 0 Å². The normalized spacial score (nSPS) is 10.9. The lowest BCUT2D eigenvalue weighted by atomic mass is 10.1. The van der Waals surface area contributed by atoms with Gasteiger partial charge < -0.3 is 10.3 Å². The van der Waals surface area contributed by atoms with E-state index >= 15 is 0 Å². The maximum atomic E-state index is 10.9. The number of likely N-dealkylation sites (N-methyl/N-ethyl adjacent to an activating group) is 1. The van der Waals surface area contributed by atoms with Crippen molar-refractivity contribution in [3.8, 4) is 0 Å². The summed E-state index contributed by atoms with van der Waals surface area (Å²) in [6.07, 6.45) is 5.73. The molecule has 0 aliphatic heterocycles. The van der Waals surface area contributed by atoms with Crippen molar-refractivity contribution in [1.29, 1.82) is 0 Å². The van der Waals surface area contributed by atoms with Gasteiger partial charge in [0.05, 0.1) is 0 Å². The van der Waals surface area contributed by atoms with Crippen molar-refractivity contribution in [3.05, 3.63) is 39.8 Å². The van der Waals surface area contributed by atoms with Crippen LogP contribution in [-0.4, -0.2) is 18.6 Å². The van der Waals surface area contributed by atoms with Gasteiger partial charge in [-0.3, -0.25) is 4.79 Å². The Morgan fingerprint density at radius 1 is 1.62 bits per heavy atom. The highest BCUT2D eigenvalue weighted by Crippen LogP contribution is 2.04. The number of hydrogen-bond donors (Lipinski definition) is 2. The molecule has 0 atom stereocenters. The van der Waals surface area contributed by atoms with Crippen molar-refractivity contribution in [2.24, 2.45) is 0 Å². The summed E-state index contributed by atoms with van der Waals surface area (Å²) in [5.41, 5.74) is 1.99. The topological polar surface area (TPSA) is 44.9 Å². The maximum Gasteiger partial charge on any atom is 0.248 e. The van der Waals surface area contributed by atoms with Crippen LogP contribution in [0.5, 0.6) is 0 Å². The minimum Gasteiger partial charge on any atom is -0.328 e. The fraction of sp³-hybridized carbons (Fsp3) is 0.300. The molecule has 1 aromatic heterocycles. The van der Waals surface area contributed by atoms with Crippen LogP contribution in [0, 0.1) is 6.92 Å². The van der Waals surface area contributed by atoms with Gasteiger partial charge in [0.15, 0.2) is 0 Å². The molecule has 1 rings (SSSR count). The van der Waals surface area contributed by atoms with Crippen molar-refractivity contribution in [1.82, 2.24) is 10.3 Å². The predicted molar refractivity (Wildman–Crippen MR) is 54.8 cm³/mol. The van der Waals surface area contributed by atoms with Crippen molar-refractivity contribution in [2.75, 3.05) is 13.6 Å². The van der Waals surface area contributed by atoms with E-state index in [0.29, 0.717) is 0 Å². The molecule has 13 heavy (non-hydrogen) atoms. The van der Waals surface area contributed by atoms with Gasteiger partial charge >= 0.3 is 0 Å². The smallest absolute Gasteiger partial charge is 0.248 e. The summed E-state index contributed by atoms with van der Waals surface area (Å²) in [5, 5.41) is 3.01. The first kappa shape index (κ1) is 9.74. The van der Waals surface area contributed by atoms with E-state index in [4.69, 9.17) is 0 Å². The molecule has 3 heteroatoms. The van der Waals surface area contributed by atoms with Crippen molar-refractivity contribution >= 4 is 6.08 Å². The summed E-state index contributed by atoms with van der Waals surface area (Å²) in [5.74, 6) is 0. The van der Waals surface area contributed by atoms with Gasteiger partial charge in [0.2, 0.25) is 5.56 Å². The Balaban J connectivity index is 2.83. The lowest BCUT2D eigenvalue weighted by molar-refractivity contribution is 0.922. The second kappa shape index (κ2) is 4.62. The number of hydrogen-bond acceptors (Lipinski definition) is 2. The van der Waals surface area contributed by atoms with Gasteiger partial charge in [0.1, 0.15) is 0 Å². The molecule has 0 aliphatic carbocycles. The standard InChI is InChI=1S/C10H14N2O/c1-8-6-10(13)12-7-9(8)4-3-5-11-2/h3-4,6-7,11H,5H2,1-2H3,(H,12,13). The van der Waals surface area contributed by atoms with E-state index in [-0.39, 0.29) is 5.56 Å². The largest absolute Gasteiger partial charge is 0.328 e. The van der Waals surface area contributed by atoms with Crippen LogP contribution in [0.25, 0.3) is 6.08 Å². The van der Waals surface area contributed by atoms with Gasteiger partial charge in [-0.05, 0) is 25.1 Å². The first-order chi connectivity index (χ1) is 6.24. The fourth-order valence-electron chi connectivity index (χ4n) is 1.07. The molecule has 0 saturated heterocycles. The third kappa shape index (κ3) is 2.87. The highest BCUT2D eigenvalue weighted by Gasteiger charge is 1.93. The second-order valence-electron chi connectivity index (χ2n) is 2.90. The highest BCUT2D eigenvalue weighted by atomic mass is 16.1. The SMILES string of the molecule is CNCC=Cc1c[nH]c(=O)cc1C. The van der Waals surface area contributed by atoms with E-state index in [1.54, 1.807) is 12.3 Å². The molecule has 1 aromatic rings. The predicted octanol–water partition coefficient (Wildman–Crippen LogP) is 0.916. The summed E-state index contributed by atoms with van der Waals surface area (Å²) in [6.45, 7) is 2.76. The minimum absolute atomic E-state index is 0.0525. The van der Waals surface area contributed by atoms with E-state index < -0.39 is 0 Å². The quantitative estimate of drug-likeness (QED) is 0.722. The van der Waals surface area contributed by atoms with Crippen LogP contribution >= 0.6 is 0 Å². The molecule has 0 unspecified atom stereocenters. The molecule has 0 radical (unpaired) electrons. The Morgan fingerprint density at radius 3 is 3.00 bits per heavy atom. The van der Waals surface area contributed by atoms with Crippen LogP contribution in [0.2, 0.25) is 0 Å². The number of aryl methyl sites for hydroxylation is 1. The average molecular weight is 178 g/mol. The van der Waals surface area contributed by atoms with Gasteiger partial charge in [-0.1, -0.05) is 12.2 Å². The van der Waals surface area contributed by atoms with Crippen molar-refractivity contribution < 1.29 is 0 Å². The number of H-pyrrole nitrogens is 1. The Bertz CT molecular complexity index is 352. The van der Waals surface area contributed by atoms with E-state index in [0.717, 1.165) is 17.7 Å². The summed E-state index contributed by atoms with van der Waals surface area (Å²) in [7, 11) is 1.89. The summed E-state index contributed by atoms with van der Waals surface area (Å²) < 4.78 is 0. The number of rotatable bonds is 3. The van der Waals surface area contributed by atoms with Gasteiger partial charge in [0.25, 0.3) is 0 Å². The summed E-state index contributed by atoms with van der Waals surface area (Å²) >= 11 is 0. The molecule has 0 aromatic carbocycles. The molecular weight excluding hydrogens is 164 g/mol. The maximum absolute atomic E-state index is 10.9. The monoisotopic (exact) mass is 178 g/mol. The third-order valence-corrected chi connectivity index (χ3v) is 1.79. The zero-order valence-corrected chi connectivity index (χ0v) is 7.92. The molecule has 2 N–H and O–H groups in total. The molecular formula is C10H14N2O. The van der Waals surface area contributed by atoms with Crippen LogP contribution in [0.15, 0.2) is 23.1 Å². The Labute approximate surface area is 77.5 Å². The molecule has 0 aliphatic rings. The summed E-state index contributed by atoms with van der Waals surface area (Å²) in [6, 6.07) is 1.60. The molecule has 0 amide bonds. The van der Waals surface area contributed by atoms with Gasteiger partial charge in [0, 0.05) is 18.8 Å². The molecule has 3 nitrogen and oxygen atoms in total. The molecule has 0 saturated carbocycles. The van der Waals surface area contributed by atoms with Crippen molar-refractivity contribution in [3.63, 3.8) is 0 Å². The van der Waals surface area contributed by atoms with E-state index in [9.17, 15) is 4.79 Å². The Kier molecular flexibility index (Phi) is 3.46. The Hall–Kier alpha value is -1.35. The van der Waals surface area contributed by atoms with Gasteiger partial charge in [-0.2, -0.15) is 0 Å². The van der Waals surface area contributed by atoms with E-state index in [1.807, 2.05) is 26.1 Å². The van der Waals surface area contributed by atoms with Gasteiger partial charge in [-0.15, -0.1) is 0 Å². The highest BCUT2D eigenvalue weighted by molar-refractivity contribution is 5.51. The average Bonchev–Trinajstić information content (AvgIpc) is 2.09. The van der Waals surface area contributed by atoms with Crippen LogP contribution in [0.1, 0.15) is 11.1 Å². The molecule has 70 valence electrons. The lowest BCUT2D eigenvalue weighted by Gasteiger charge is -1.97. The zero-order valence-electron chi connectivity index (χ0n) is 7.92. The fourth-order valence-corrected chi connectivity index (χ4v) is 1.07. The lowest BCUT2D eigenvalue weighted by Crippen LogP contribution is -2.05. The number of pyridine rings is 1. The number of nitrogens with one attached hydrogen (secondary N) is 2. The van der Waals surface area contributed by atoms with E-state index in [2.05, 4.69) is 10.3 Å². The first-order valence-corrected chi connectivity index (χ1v) is 4.24. The first-order valence-electron chi connectivity index (χ1n) is 4.24. The zero-order chi connectivity index (χ0) is 9.68. The third-order valence-electron chi connectivity index (χ3n) is 1.79. The van der Waals surface area contributed by atoms with Gasteiger partial charge in [-0.25, -0.2) is 0 Å². The molecule has 0 spiro atoms. The summed E-state index contributed by atoms with van der Waals surface area (Å²) in [4.78, 5) is 13.5. The molecule has 0 bridgehead atoms. The molecule has 0 fully saturated rings. The van der Waals surface area contributed by atoms with Crippen LogP contribution in [0.3, 0.4) is 0 Å². The van der Waals surface area contributed by atoms with Crippen LogP contribution < -0.4 is 10.9 Å². The Morgan fingerprint density at radius 2 is 2.38 bits per heavy atom. The van der Waals surface area contributed by atoms with Crippen molar-refractivity contribution in [2.45, 2.75) is 6.92 Å². The molecule has 1 heterocycles. The number of aromatic amines is 1. The van der Waals surface area contributed by atoms with E-state index in [1.165, 1.54) is 0 Å². The number of aromatic nitrogens is 1. The minimum atomic E-state index is -0.0525.